The first-order valence-corrected chi connectivity index (χ1v) is 6.19. The Morgan fingerprint density at radius 3 is 1.76 bits per heavy atom. The van der Waals surface area contributed by atoms with Crippen LogP contribution in [0.4, 0.5) is 0 Å². The lowest BCUT2D eigenvalue weighted by atomic mass is 10.2. The van der Waals surface area contributed by atoms with Gasteiger partial charge in [-0.3, -0.25) is 9.69 Å². The van der Waals surface area contributed by atoms with Gasteiger partial charge in [0.1, 0.15) is 0 Å². The van der Waals surface area contributed by atoms with Gasteiger partial charge < -0.3 is 4.90 Å². The number of carbonyl (C=O) groups excluding carboxylic acids is 1. The Balaban J connectivity index is 4.54. The minimum Gasteiger partial charge on any atom is -0.337 e. The van der Waals surface area contributed by atoms with Crippen molar-refractivity contribution in [3.05, 3.63) is 25.3 Å². The largest absolute Gasteiger partial charge is 0.337 e. The summed E-state index contributed by atoms with van der Waals surface area (Å²) < 4.78 is 0. The molecule has 0 saturated heterocycles. The van der Waals surface area contributed by atoms with E-state index in [1.165, 1.54) is 0 Å². The van der Waals surface area contributed by atoms with Crippen molar-refractivity contribution in [2.75, 3.05) is 19.6 Å². The van der Waals surface area contributed by atoms with Crippen LogP contribution in [0.1, 0.15) is 27.7 Å². The highest BCUT2D eigenvalue weighted by Gasteiger charge is 2.21. The fraction of sp³-hybridized carbons (Fsp3) is 0.643. The van der Waals surface area contributed by atoms with Gasteiger partial charge in [0, 0.05) is 25.2 Å². The van der Waals surface area contributed by atoms with Gasteiger partial charge in [-0.1, -0.05) is 12.2 Å². The standard InChI is InChI=1S/C14H26N2O/c1-7-9-15(10-8-2)11-14(17)16(12(3)4)13(5)6/h7-8,12-13H,1-2,9-11H2,3-6H3. The average Bonchev–Trinajstić information content (AvgIpc) is 2.16. The first kappa shape index (κ1) is 15.9. The molecule has 3 heteroatoms. The summed E-state index contributed by atoms with van der Waals surface area (Å²) >= 11 is 0. The van der Waals surface area contributed by atoms with Crippen LogP contribution < -0.4 is 0 Å². The molecule has 0 heterocycles. The van der Waals surface area contributed by atoms with Crippen molar-refractivity contribution < 1.29 is 4.79 Å². The molecule has 0 aliphatic heterocycles. The Morgan fingerprint density at radius 2 is 1.47 bits per heavy atom. The third-order valence-electron chi connectivity index (χ3n) is 2.53. The summed E-state index contributed by atoms with van der Waals surface area (Å²) in [5, 5.41) is 0. The fourth-order valence-corrected chi connectivity index (χ4v) is 2.01. The molecule has 0 rings (SSSR count). The van der Waals surface area contributed by atoms with Gasteiger partial charge in [0.2, 0.25) is 5.91 Å². The SMILES string of the molecule is C=CCN(CC=C)CC(=O)N(C(C)C)C(C)C. The zero-order valence-corrected chi connectivity index (χ0v) is 11.6. The van der Waals surface area contributed by atoms with E-state index in [9.17, 15) is 4.79 Å². The van der Waals surface area contributed by atoms with Gasteiger partial charge in [-0.15, -0.1) is 13.2 Å². The van der Waals surface area contributed by atoms with Gasteiger partial charge in [-0.2, -0.15) is 0 Å². The molecule has 3 nitrogen and oxygen atoms in total. The molecule has 0 radical (unpaired) electrons. The summed E-state index contributed by atoms with van der Waals surface area (Å²) in [5.74, 6) is 0.165. The van der Waals surface area contributed by atoms with Crippen molar-refractivity contribution in [1.29, 1.82) is 0 Å². The summed E-state index contributed by atoms with van der Waals surface area (Å²) in [5.41, 5.74) is 0. The van der Waals surface area contributed by atoms with Gasteiger partial charge in [-0.05, 0) is 27.7 Å². The van der Waals surface area contributed by atoms with E-state index in [0.29, 0.717) is 19.6 Å². The molecule has 17 heavy (non-hydrogen) atoms. The van der Waals surface area contributed by atoms with Crippen molar-refractivity contribution in [2.24, 2.45) is 0 Å². The van der Waals surface area contributed by atoms with Crippen LogP contribution in [0.25, 0.3) is 0 Å². The highest BCUT2D eigenvalue weighted by Crippen LogP contribution is 2.06. The Kier molecular flexibility index (Phi) is 7.55. The molecule has 0 aromatic carbocycles. The first-order valence-electron chi connectivity index (χ1n) is 6.19. The smallest absolute Gasteiger partial charge is 0.237 e. The highest BCUT2D eigenvalue weighted by molar-refractivity contribution is 5.78. The van der Waals surface area contributed by atoms with Crippen LogP contribution in [0.15, 0.2) is 25.3 Å². The second-order valence-electron chi connectivity index (χ2n) is 4.76. The zero-order chi connectivity index (χ0) is 13.4. The number of carbonyl (C=O) groups is 1. The molecule has 1 amide bonds. The second-order valence-corrected chi connectivity index (χ2v) is 4.76. The predicted molar refractivity (Wildman–Crippen MR) is 74.0 cm³/mol. The van der Waals surface area contributed by atoms with Crippen molar-refractivity contribution in [1.82, 2.24) is 9.80 Å². The lowest BCUT2D eigenvalue weighted by Gasteiger charge is -2.32. The minimum absolute atomic E-state index is 0.165. The Labute approximate surface area is 106 Å². The molecule has 0 spiro atoms. The molecular weight excluding hydrogens is 212 g/mol. The number of rotatable bonds is 8. The topological polar surface area (TPSA) is 23.6 Å². The van der Waals surface area contributed by atoms with Crippen molar-refractivity contribution in [3.63, 3.8) is 0 Å². The van der Waals surface area contributed by atoms with Crippen LogP contribution in [0, 0.1) is 0 Å². The van der Waals surface area contributed by atoms with E-state index < -0.39 is 0 Å². The maximum atomic E-state index is 12.2. The number of amides is 1. The molecule has 0 bridgehead atoms. The van der Waals surface area contributed by atoms with Crippen LogP contribution in [0.2, 0.25) is 0 Å². The molecule has 0 aliphatic rings. The normalized spacial score (nSPS) is 11.0. The number of hydrogen-bond acceptors (Lipinski definition) is 2. The average molecular weight is 238 g/mol. The minimum atomic E-state index is 0.165. The summed E-state index contributed by atoms with van der Waals surface area (Å²) in [7, 11) is 0. The fourth-order valence-electron chi connectivity index (χ4n) is 2.01. The number of nitrogens with zero attached hydrogens (tertiary/aromatic N) is 2. The van der Waals surface area contributed by atoms with E-state index in [1.54, 1.807) is 0 Å². The first-order chi connectivity index (χ1) is 7.93. The third kappa shape index (κ3) is 5.68. The highest BCUT2D eigenvalue weighted by atomic mass is 16.2. The molecule has 0 aromatic heterocycles. The van der Waals surface area contributed by atoms with Gasteiger partial charge in [0.15, 0.2) is 0 Å². The van der Waals surface area contributed by atoms with E-state index in [1.807, 2.05) is 49.6 Å². The molecule has 0 fully saturated rings. The second kappa shape index (κ2) is 8.07. The van der Waals surface area contributed by atoms with Crippen LogP contribution in [0.5, 0.6) is 0 Å². The van der Waals surface area contributed by atoms with E-state index in [0.717, 1.165) is 0 Å². The van der Waals surface area contributed by atoms with Gasteiger partial charge >= 0.3 is 0 Å². The van der Waals surface area contributed by atoms with Gasteiger partial charge in [-0.25, -0.2) is 0 Å². The Morgan fingerprint density at radius 1 is 1.06 bits per heavy atom. The quantitative estimate of drug-likeness (QED) is 0.606. The summed E-state index contributed by atoms with van der Waals surface area (Å²) in [4.78, 5) is 16.1. The molecule has 0 aromatic rings. The van der Waals surface area contributed by atoms with E-state index in [-0.39, 0.29) is 18.0 Å². The van der Waals surface area contributed by atoms with E-state index >= 15 is 0 Å². The van der Waals surface area contributed by atoms with Crippen molar-refractivity contribution in [3.8, 4) is 0 Å². The molecule has 98 valence electrons. The molecule has 0 aliphatic carbocycles. The van der Waals surface area contributed by atoms with Gasteiger partial charge in [0.05, 0.1) is 6.54 Å². The summed E-state index contributed by atoms with van der Waals surface area (Å²) in [6.07, 6.45) is 3.62. The third-order valence-corrected chi connectivity index (χ3v) is 2.53. The zero-order valence-electron chi connectivity index (χ0n) is 11.6. The van der Waals surface area contributed by atoms with Gasteiger partial charge in [0.25, 0.3) is 0 Å². The lowest BCUT2D eigenvalue weighted by Crippen LogP contribution is -2.47. The molecule has 0 unspecified atom stereocenters. The molecule has 0 N–H and O–H groups in total. The summed E-state index contributed by atoms with van der Waals surface area (Å²) in [6.45, 7) is 17.4. The van der Waals surface area contributed by atoms with Crippen LogP contribution in [-0.2, 0) is 4.79 Å². The Hall–Kier alpha value is -1.09. The van der Waals surface area contributed by atoms with Crippen molar-refractivity contribution >= 4 is 5.91 Å². The Bertz CT molecular complexity index is 241. The van der Waals surface area contributed by atoms with Crippen LogP contribution in [-0.4, -0.2) is 47.4 Å². The molecular formula is C14H26N2O. The van der Waals surface area contributed by atoms with Crippen LogP contribution in [0.3, 0.4) is 0 Å². The lowest BCUT2D eigenvalue weighted by molar-refractivity contribution is -0.135. The number of hydrogen-bond donors (Lipinski definition) is 0. The molecule has 0 saturated carbocycles. The summed E-state index contributed by atoms with van der Waals surface area (Å²) in [6, 6.07) is 0.466. The molecule has 0 atom stereocenters. The van der Waals surface area contributed by atoms with Crippen LogP contribution >= 0.6 is 0 Å². The maximum Gasteiger partial charge on any atom is 0.237 e. The van der Waals surface area contributed by atoms with Crippen molar-refractivity contribution in [2.45, 2.75) is 39.8 Å². The maximum absolute atomic E-state index is 12.2. The van der Waals surface area contributed by atoms with E-state index in [2.05, 4.69) is 13.2 Å². The predicted octanol–water partition coefficient (Wildman–Crippen LogP) is 2.31. The monoisotopic (exact) mass is 238 g/mol. The van der Waals surface area contributed by atoms with E-state index in [4.69, 9.17) is 0 Å².